The second-order valence-electron chi connectivity index (χ2n) is 18.7. The van der Waals surface area contributed by atoms with Crippen LogP contribution in [0.25, 0.3) is 72.0 Å². The van der Waals surface area contributed by atoms with Crippen LogP contribution in [0.4, 0.5) is 17.1 Å². The molecule has 0 amide bonds. The van der Waals surface area contributed by atoms with Crippen molar-refractivity contribution in [1.82, 2.24) is 4.57 Å². The molecule has 1 unspecified atom stereocenters. The Balaban J connectivity index is 1.08. The fourth-order valence-electron chi connectivity index (χ4n) is 12.5. The maximum Gasteiger partial charge on any atom is 0.0760 e. The van der Waals surface area contributed by atoms with Gasteiger partial charge >= 0.3 is 0 Å². The SMILES string of the molecule is CC1(C)c2ccccc2-c2ccc(N(c3ccccc3-c3ccccc3)c3ccccc3-c3cccc4c3C3(c5ccccc5-4)c4ccccc4-n4c5ccccc5c5cccc3c54)cc21. The highest BCUT2D eigenvalue weighted by molar-refractivity contribution is 6.13. The summed E-state index contributed by atoms with van der Waals surface area (Å²) in [5, 5.41) is 2.56. The van der Waals surface area contributed by atoms with E-state index in [1.807, 2.05) is 0 Å². The number of aromatic nitrogens is 1. The van der Waals surface area contributed by atoms with Crippen LogP contribution in [0.1, 0.15) is 47.2 Å². The first kappa shape index (κ1) is 37.2. The Kier molecular flexibility index (Phi) is 7.70. The number of hydrogen-bond acceptors (Lipinski definition) is 1. The molecule has 0 N–H and O–H groups in total. The number of hydrogen-bond donors (Lipinski definition) is 0. The second-order valence-corrected chi connectivity index (χ2v) is 18.7. The Hall–Kier alpha value is -8.20. The third-order valence-corrected chi connectivity index (χ3v) is 15.2. The van der Waals surface area contributed by atoms with Gasteiger partial charge in [0.25, 0.3) is 0 Å². The summed E-state index contributed by atoms with van der Waals surface area (Å²) in [7, 11) is 0. The first-order valence-corrected chi connectivity index (χ1v) is 23.2. The second kappa shape index (κ2) is 13.7. The molecule has 1 atom stereocenters. The molecular weight excluding hydrogens is 797 g/mol. The standard InChI is InChI=1S/C64H44N2/c1-63(2)52-30-11-6-23-44(52)46-39-38-42(40-56(46)63)65(57-34-14-8-22-43(57)41-20-4-3-5-21-41)58-35-15-9-25-47(58)50-28-18-27-49-45-24-7-12-31-53(45)64(61(49)50)54-32-13-17-37-60(54)66-59-36-16-10-26-48(59)51-29-19-33-55(64)62(51)66/h3-40H,1-2H3. The fourth-order valence-corrected chi connectivity index (χ4v) is 12.5. The normalized spacial score (nSPS) is 15.6. The summed E-state index contributed by atoms with van der Waals surface area (Å²) in [5.41, 5.74) is 24.3. The van der Waals surface area contributed by atoms with Gasteiger partial charge in [0.2, 0.25) is 0 Å². The molecule has 2 heterocycles. The number of anilines is 3. The lowest BCUT2D eigenvalue weighted by molar-refractivity contribution is 0.660. The van der Waals surface area contributed by atoms with Gasteiger partial charge in [0.05, 0.1) is 33.5 Å². The zero-order valence-electron chi connectivity index (χ0n) is 36.8. The first-order chi connectivity index (χ1) is 32.5. The van der Waals surface area contributed by atoms with E-state index in [1.165, 1.54) is 105 Å². The number of fused-ring (bicyclic) bond motifs is 15. The van der Waals surface area contributed by atoms with Crippen molar-refractivity contribution in [3.05, 3.63) is 264 Å². The molecule has 0 saturated heterocycles. The molecule has 0 fully saturated rings. The minimum absolute atomic E-state index is 0.164. The van der Waals surface area contributed by atoms with Gasteiger partial charge in [0.1, 0.15) is 0 Å². The molecule has 1 aliphatic heterocycles. The van der Waals surface area contributed by atoms with Crippen molar-refractivity contribution in [1.29, 1.82) is 0 Å². The molecule has 2 aliphatic carbocycles. The van der Waals surface area contributed by atoms with Gasteiger partial charge in [-0.3, -0.25) is 0 Å². The number of para-hydroxylation sites is 5. The summed E-state index contributed by atoms with van der Waals surface area (Å²) in [6.07, 6.45) is 0. The van der Waals surface area contributed by atoms with Gasteiger partial charge in [-0.1, -0.05) is 208 Å². The summed E-state index contributed by atoms with van der Waals surface area (Å²) in [6.45, 7) is 4.76. The molecule has 0 radical (unpaired) electrons. The molecule has 2 nitrogen and oxygen atoms in total. The molecule has 0 saturated carbocycles. The average molecular weight is 841 g/mol. The van der Waals surface area contributed by atoms with Gasteiger partial charge in [-0.25, -0.2) is 0 Å². The molecule has 14 rings (SSSR count). The molecule has 66 heavy (non-hydrogen) atoms. The molecule has 3 aliphatic rings. The maximum absolute atomic E-state index is 2.54. The highest BCUT2D eigenvalue weighted by atomic mass is 15.1. The lowest BCUT2D eigenvalue weighted by Gasteiger charge is -2.40. The van der Waals surface area contributed by atoms with Crippen LogP contribution in [0.5, 0.6) is 0 Å². The van der Waals surface area contributed by atoms with Crippen LogP contribution in [0.2, 0.25) is 0 Å². The molecule has 10 aromatic carbocycles. The van der Waals surface area contributed by atoms with E-state index < -0.39 is 5.41 Å². The van der Waals surface area contributed by atoms with Crippen LogP contribution in [0.15, 0.2) is 231 Å². The molecule has 1 aromatic heterocycles. The van der Waals surface area contributed by atoms with Crippen LogP contribution >= 0.6 is 0 Å². The van der Waals surface area contributed by atoms with Crippen molar-refractivity contribution in [3.8, 4) is 50.2 Å². The van der Waals surface area contributed by atoms with Gasteiger partial charge in [-0.2, -0.15) is 0 Å². The molecule has 0 bridgehead atoms. The van der Waals surface area contributed by atoms with Gasteiger partial charge in [-0.05, 0) is 103 Å². The van der Waals surface area contributed by atoms with E-state index in [0.717, 1.165) is 17.1 Å². The van der Waals surface area contributed by atoms with E-state index in [2.05, 4.69) is 254 Å². The smallest absolute Gasteiger partial charge is 0.0760 e. The van der Waals surface area contributed by atoms with Gasteiger partial charge in [0, 0.05) is 33.0 Å². The van der Waals surface area contributed by atoms with Crippen molar-refractivity contribution in [3.63, 3.8) is 0 Å². The van der Waals surface area contributed by atoms with Gasteiger partial charge in [0.15, 0.2) is 0 Å². The zero-order chi connectivity index (χ0) is 43.7. The number of nitrogens with zero attached hydrogens (tertiary/aromatic N) is 2. The Bertz CT molecular complexity index is 3810. The zero-order valence-corrected chi connectivity index (χ0v) is 36.8. The highest BCUT2D eigenvalue weighted by Crippen LogP contribution is 2.64. The van der Waals surface area contributed by atoms with Crippen LogP contribution in [-0.4, -0.2) is 4.57 Å². The summed E-state index contributed by atoms with van der Waals surface area (Å²) in [5.74, 6) is 0. The van der Waals surface area contributed by atoms with E-state index in [4.69, 9.17) is 0 Å². The monoisotopic (exact) mass is 840 g/mol. The quantitative estimate of drug-likeness (QED) is 0.168. The minimum Gasteiger partial charge on any atom is -0.309 e. The van der Waals surface area contributed by atoms with E-state index >= 15 is 0 Å². The van der Waals surface area contributed by atoms with Gasteiger partial charge < -0.3 is 9.47 Å². The van der Waals surface area contributed by atoms with Crippen molar-refractivity contribution < 1.29 is 0 Å². The van der Waals surface area contributed by atoms with E-state index in [0.29, 0.717) is 0 Å². The maximum atomic E-state index is 2.54. The van der Waals surface area contributed by atoms with Gasteiger partial charge in [-0.15, -0.1) is 0 Å². The van der Waals surface area contributed by atoms with Crippen LogP contribution < -0.4 is 4.90 Å². The molecule has 310 valence electrons. The first-order valence-electron chi connectivity index (χ1n) is 23.2. The van der Waals surface area contributed by atoms with Crippen molar-refractivity contribution in [2.24, 2.45) is 0 Å². The Morgan fingerprint density at radius 1 is 0.364 bits per heavy atom. The van der Waals surface area contributed by atoms with E-state index in [-0.39, 0.29) is 5.41 Å². The lowest BCUT2D eigenvalue weighted by atomic mass is 9.64. The van der Waals surface area contributed by atoms with Crippen molar-refractivity contribution in [2.75, 3.05) is 4.90 Å². The average Bonchev–Trinajstić information content (AvgIpc) is 3.96. The summed E-state index contributed by atoms with van der Waals surface area (Å²) in [6, 6.07) is 86.4. The predicted octanol–water partition coefficient (Wildman–Crippen LogP) is 16.6. The summed E-state index contributed by atoms with van der Waals surface area (Å²) in [4.78, 5) is 2.54. The van der Waals surface area contributed by atoms with Crippen molar-refractivity contribution in [2.45, 2.75) is 24.7 Å². The van der Waals surface area contributed by atoms with Crippen molar-refractivity contribution >= 4 is 38.9 Å². The number of benzene rings is 10. The molecule has 11 aromatic rings. The van der Waals surface area contributed by atoms with Crippen LogP contribution in [0.3, 0.4) is 0 Å². The third kappa shape index (κ3) is 4.80. The van der Waals surface area contributed by atoms with E-state index in [1.54, 1.807) is 0 Å². The van der Waals surface area contributed by atoms with E-state index in [9.17, 15) is 0 Å². The Morgan fingerprint density at radius 3 is 1.70 bits per heavy atom. The summed E-state index contributed by atoms with van der Waals surface area (Å²) < 4.78 is 2.54. The van der Waals surface area contributed by atoms with Crippen LogP contribution in [0, 0.1) is 0 Å². The fraction of sp³-hybridized carbons (Fsp3) is 0.0625. The lowest BCUT2D eigenvalue weighted by Crippen LogP contribution is -2.34. The molecular formula is C64H44N2. The predicted molar refractivity (Wildman–Crippen MR) is 275 cm³/mol. The highest BCUT2D eigenvalue weighted by Gasteiger charge is 2.52. The summed E-state index contributed by atoms with van der Waals surface area (Å²) >= 11 is 0. The third-order valence-electron chi connectivity index (χ3n) is 15.2. The number of rotatable bonds is 5. The van der Waals surface area contributed by atoms with Crippen LogP contribution in [-0.2, 0) is 10.8 Å². The largest absolute Gasteiger partial charge is 0.309 e. The minimum atomic E-state index is -0.605. The Labute approximate surface area is 385 Å². The molecule has 2 heteroatoms. The Morgan fingerprint density at radius 2 is 0.894 bits per heavy atom. The topological polar surface area (TPSA) is 8.17 Å². The molecule has 1 spiro atoms.